The SMILES string of the molecule is Cn1nccc1-c1cc([N+](=O)[O-])ccc1OCCc1ccccc1. The lowest BCUT2D eigenvalue weighted by Crippen LogP contribution is -2.04. The average molecular weight is 323 g/mol. The van der Waals surface area contributed by atoms with Crippen molar-refractivity contribution in [2.45, 2.75) is 6.42 Å². The molecule has 0 bridgehead atoms. The molecule has 0 N–H and O–H groups in total. The summed E-state index contributed by atoms with van der Waals surface area (Å²) in [5.41, 5.74) is 2.65. The number of hydrogen-bond donors (Lipinski definition) is 0. The minimum atomic E-state index is -0.409. The molecule has 0 aliphatic heterocycles. The highest BCUT2D eigenvalue weighted by Crippen LogP contribution is 2.33. The van der Waals surface area contributed by atoms with Crippen LogP contribution in [0.1, 0.15) is 5.56 Å². The number of nitro benzene ring substituents is 1. The molecule has 0 spiro atoms. The van der Waals surface area contributed by atoms with Crippen LogP contribution in [0, 0.1) is 10.1 Å². The van der Waals surface area contributed by atoms with Gasteiger partial charge < -0.3 is 4.74 Å². The Balaban J connectivity index is 1.84. The molecule has 0 unspecified atom stereocenters. The van der Waals surface area contributed by atoms with Gasteiger partial charge in [0, 0.05) is 37.4 Å². The molecule has 0 amide bonds. The van der Waals surface area contributed by atoms with Crippen molar-refractivity contribution in [1.29, 1.82) is 0 Å². The molecule has 0 aliphatic carbocycles. The number of non-ortho nitro benzene ring substituents is 1. The standard InChI is InChI=1S/C18H17N3O3/c1-20-17(9-11-19-20)16-13-15(21(22)23)7-8-18(16)24-12-10-14-5-3-2-4-6-14/h2-9,11,13H,10,12H2,1H3. The summed E-state index contributed by atoms with van der Waals surface area (Å²) in [6.45, 7) is 0.493. The molecule has 2 aromatic carbocycles. The predicted octanol–water partition coefficient (Wildman–Crippen LogP) is 3.62. The van der Waals surface area contributed by atoms with Gasteiger partial charge in [0.15, 0.2) is 0 Å². The minimum Gasteiger partial charge on any atom is -0.493 e. The Kier molecular flexibility index (Phi) is 4.56. The van der Waals surface area contributed by atoms with Gasteiger partial charge in [-0.1, -0.05) is 30.3 Å². The van der Waals surface area contributed by atoms with Crippen LogP contribution in [0.5, 0.6) is 5.75 Å². The Morgan fingerprint density at radius 3 is 2.62 bits per heavy atom. The summed E-state index contributed by atoms with van der Waals surface area (Å²) in [5.74, 6) is 0.611. The van der Waals surface area contributed by atoms with Crippen LogP contribution in [0.3, 0.4) is 0 Å². The highest BCUT2D eigenvalue weighted by Gasteiger charge is 2.15. The zero-order valence-electron chi connectivity index (χ0n) is 13.3. The zero-order chi connectivity index (χ0) is 16.9. The summed E-state index contributed by atoms with van der Waals surface area (Å²) >= 11 is 0. The Morgan fingerprint density at radius 1 is 1.17 bits per heavy atom. The van der Waals surface area contributed by atoms with E-state index in [1.54, 1.807) is 24.0 Å². The Bertz CT molecular complexity index is 844. The van der Waals surface area contributed by atoms with Crippen molar-refractivity contribution in [3.05, 3.63) is 76.5 Å². The molecule has 0 aliphatic rings. The van der Waals surface area contributed by atoms with Crippen molar-refractivity contribution in [3.8, 4) is 17.0 Å². The number of nitrogens with zero attached hydrogens (tertiary/aromatic N) is 3. The van der Waals surface area contributed by atoms with Gasteiger partial charge >= 0.3 is 0 Å². The molecule has 6 nitrogen and oxygen atoms in total. The molecule has 3 aromatic rings. The van der Waals surface area contributed by atoms with Gasteiger partial charge in [0.1, 0.15) is 5.75 Å². The van der Waals surface area contributed by atoms with Gasteiger partial charge in [-0.2, -0.15) is 5.10 Å². The van der Waals surface area contributed by atoms with E-state index < -0.39 is 4.92 Å². The van der Waals surface area contributed by atoms with Crippen molar-refractivity contribution in [3.63, 3.8) is 0 Å². The number of aryl methyl sites for hydroxylation is 1. The van der Waals surface area contributed by atoms with Gasteiger partial charge in [-0.05, 0) is 17.7 Å². The topological polar surface area (TPSA) is 70.2 Å². The van der Waals surface area contributed by atoms with Gasteiger partial charge in [-0.3, -0.25) is 14.8 Å². The summed E-state index contributed by atoms with van der Waals surface area (Å²) in [6.07, 6.45) is 2.42. The molecule has 1 aromatic heterocycles. The van der Waals surface area contributed by atoms with E-state index in [1.807, 2.05) is 36.4 Å². The molecule has 6 heteroatoms. The van der Waals surface area contributed by atoms with Crippen LogP contribution < -0.4 is 4.74 Å². The third-order valence-electron chi connectivity index (χ3n) is 3.76. The largest absolute Gasteiger partial charge is 0.493 e. The predicted molar refractivity (Wildman–Crippen MR) is 90.9 cm³/mol. The quantitative estimate of drug-likeness (QED) is 0.513. The van der Waals surface area contributed by atoms with E-state index in [2.05, 4.69) is 5.10 Å². The average Bonchev–Trinajstić information content (AvgIpc) is 3.02. The molecular formula is C18H17N3O3. The maximum absolute atomic E-state index is 11.1. The molecular weight excluding hydrogens is 306 g/mol. The van der Waals surface area contributed by atoms with E-state index in [4.69, 9.17) is 4.74 Å². The molecule has 0 fully saturated rings. The number of aromatic nitrogens is 2. The lowest BCUT2D eigenvalue weighted by atomic mass is 10.1. The lowest BCUT2D eigenvalue weighted by molar-refractivity contribution is -0.384. The second kappa shape index (κ2) is 6.95. The fourth-order valence-electron chi connectivity index (χ4n) is 2.52. The first-order chi connectivity index (χ1) is 11.6. The molecule has 122 valence electrons. The zero-order valence-corrected chi connectivity index (χ0v) is 13.3. The van der Waals surface area contributed by atoms with Crippen LogP contribution in [0.15, 0.2) is 60.8 Å². The van der Waals surface area contributed by atoms with E-state index in [0.717, 1.165) is 12.1 Å². The number of rotatable bonds is 6. The van der Waals surface area contributed by atoms with Gasteiger partial charge in [-0.25, -0.2) is 0 Å². The highest BCUT2D eigenvalue weighted by atomic mass is 16.6. The van der Waals surface area contributed by atoms with Crippen molar-refractivity contribution >= 4 is 5.69 Å². The molecule has 3 rings (SSSR count). The minimum absolute atomic E-state index is 0.0293. The molecule has 0 saturated heterocycles. The fourth-order valence-corrected chi connectivity index (χ4v) is 2.52. The first-order valence-electron chi connectivity index (χ1n) is 7.58. The maximum atomic E-state index is 11.1. The van der Waals surface area contributed by atoms with E-state index in [-0.39, 0.29) is 5.69 Å². The first kappa shape index (κ1) is 15.7. The highest BCUT2D eigenvalue weighted by molar-refractivity contribution is 5.70. The van der Waals surface area contributed by atoms with E-state index in [9.17, 15) is 10.1 Å². The van der Waals surface area contributed by atoms with Crippen molar-refractivity contribution in [1.82, 2.24) is 9.78 Å². The third-order valence-corrected chi connectivity index (χ3v) is 3.76. The normalized spacial score (nSPS) is 10.5. The smallest absolute Gasteiger partial charge is 0.270 e. The van der Waals surface area contributed by atoms with Crippen LogP contribution in [0.4, 0.5) is 5.69 Å². The first-order valence-corrected chi connectivity index (χ1v) is 7.58. The Hall–Kier alpha value is -3.15. The second-order valence-electron chi connectivity index (χ2n) is 5.36. The Morgan fingerprint density at radius 2 is 1.96 bits per heavy atom. The molecule has 0 atom stereocenters. The summed E-state index contributed by atoms with van der Waals surface area (Å²) in [5, 5.41) is 15.2. The van der Waals surface area contributed by atoms with Crippen LogP contribution in [-0.4, -0.2) is 21.3 Å². The fraction of sp³-hybridized carbons (Fsp3) is 0.167. The van der Waals surface area contributed by atoms with Gasteiger partial charge in [0.2, 0.25) is 0 Å². The van der Waals surface area contributed by atoms with E-state index in [0.29, 0.717) is 17.9 Å². The van der Waals surface area contributed by atoms with Crippen LogP contribution in [-0.2, 0) is 13.5 Å². The monoisotopic (exact) mass is 323 g/mol. The number of benzene rings is 2. The summed E-state index contributed by atoms with van der Waals surface area (Å²) in [4.78, 5) is 10.7. The molecule has 0 saturated carbocycles. The van der Waals surface area contributed by atoms with E-state index in [1.165, 1.54) is 17.7 Å². The number of hydrogen-bond acceptors (Lipinski definition) is 4. The van der Waals surface area contributed by atoms with Gasteiger partial charge in [0.25, 0.3) is 5.69 Å². The van der Waals surface area contributed by atoms with Crippen molar-refractivity contribution in [2.24, 2.45) is 7.05 Å². The second-order valence-corrected chi connectivity index (χ2v) is 5.36. The summed E-state index contributed by atoms with van der Waals surface area (Å²) < 4.78 is 7.56. The molecule has 24 heavy (non-hydrogen) atoms. The number of nitro groups is 1. The van der Waals surface area contributed by atoms with Crippen LogP contribution in [0.25, 0.3) is 11.3 Å². The van der Waals surface area contributed by atoms with Gasteiger partial charge in [-0.15, -0.1) is 0 Å². The molecule has 1 heterocycles. The summed E-state index contributed by atoms with van der Waals surface area (Å²) in [7, 11) is 1.79. The van der Waals surface area contributed by atoms with Crippen LogP contribution in [0.2, 0.25) is 0 Å². The Labute approximate surface area is 139 Å². The molecule has 0 radical (unpaired) electrons. The van der Waals surface area contributed by atoms with Gasteiger partial charge in [0.05, 0.1) is 17.2 Å². The van der Waals surface area contributed by atoms with E-state index >= 15 is 0 Å². The van der Waals surface area contributed by atoms with Crippen molar-refractivity contribution < 1.29 is 9.66 Å². The maximum Gasteiger partial charge on any atom is 0.270 e. The van der Waals surface area contributed by atoms with Crippen molar-refractivity contribution in [2.75, 3.05) is 6.61 Å². The number of ether oxygens (including phenoxy) is 1. The summed E-state index contributed by atoms with van der Waals surface area (Å²) in [6, 6.07) is 16.5. The third kappa shape index (κ3) is 3.43. The van der Waals surface area contributed by atoms with Crippen LogP contribution >= 0.6 is 0 Å². The lowest BCUT2D eigenvalue weighted by Gasteiger charge is -2.12.